The van der Waals surface area contributed by atoms with E-state index in [-0.39, 0.29) is 11.4 Å². The minimum Gasteiger partial charge on any atom is -0.489 e. The van der Waals surface area contributed by atoms with Gasteiger partial charge in [0.2, 0.25) is 0 Å². The van der Waals surface area contributed by atoms with Gasteiger partial charge < -0.3 is 20.7 Å². The molecular formula is C23H24N4O2. The standard InChI is InChI=1S/C23H24N4O2/c1-23(15-25-13-17-6-3-2-4-7-17)16-29-21-10-9-18(12-20(21)27-23)22(28)26-19-8-5-11-24-14-19/h2-12,14,25,27H,13,15-16H2,1H3,(H,26,28). The number of fused-ring (bicyclic) bond motifs is 1. The van der Waals surface area contributed by atoms with Gasteiger partial charge in [-0.3, -0.25) is 9.78 Å². The number of amides is 1. The lowest BCUT2D eigenvalue weighted by molar-refractivity contribution is 0.102. The van der Waals surface area contributed by atoms with Crippen LogP contribution >= 0.6 is 0 Å². The number of anilines is 2. The largest absolute Gasteiger partial charge is 0.489 e. The molecule has 3 N–H and O–H groups in total. The topological polar surface area (TPSA) is 75.3 Å². The molecule has 6 nitrogen and oxygen atoms in total. The number of carbonyl (C=O) groups excluding carboxylic acids is 1. The Labute approximate surface area is 170 Å². The van der Waals surface area contributed by atoms with E-state index in [0.29, 0.717) is 17.9 Å². The summed E-state index contributed by atoms with van der Waals surface area (Å²) in [5.41, 5.74) is 3.00. The third-order valence-corrected chi connectivity index (χ3v) is 4.83. The van der Waals surface area contributed by atoms with E-state index in [1.165, 1.54) is 5.56 Å². The van der Waals surface area contributed by atoms with E-state index in [9.17, 15) is 4.79 Å². The lowest BCUT2D eigenvalue weighted by Gasteiger charge is -2.37. The second-order valence-electron chi connectivity index (χ2n) is 7.47. The van der Waals surface area contributed by atoms with E-state index in [0.717, 1.165) is 24.5 Å². The molecule has 4 rings (SSSR count). The monoisotopic (exact) mass is 388 g/mol. The van der Waals surface area contributed by atoms with Crippen molar-refractivity contribution in [3.05, 3.63) is 84.2 Å². The first-order valence-electron chi connectivity index (χ1n) is 9.62. The maximum atomic E-state index is 12.6. The van der Waals surface area contributed by atoms with Gasteiger partial charge in [-0.15, -0.1) is 0 Å². The molecule has 3 aromatic rings. The van der Waals surface area contributed by atoms with Gasteiger partial charge in [0.25, 0.3) is 5.91 Å². The predicted molar refractivity (Wildman–Crippen MR) is 114 cm³/mol. The maximum Gasteiger partial charge on any atom is 0.255 e. The van der Waals surface area contributed by atoms with Crippen molar-refractivity contribution >= 4 is 17.3 Å². The van der Waals surface area contributed by atoms with Crippen LogP contribution in [-0.4, -0.2) is 29.6 Å². The summed E-state index contributed by atoms with van der Waals surface area (Å²) in [5.74, 6) is 0.570. The van der Waals surface area contributed by atoms with Crippen molar-refractivity contribution in [2.45, 2.75) is 19.0 Å². The molecule has 1 atom stereocenters. The highest BCUT2D eigenvalue weighted by Crippen LogP contribution is 2.33. The van der Waals surface area contributed by atoms with Gasteiger partial charge in [-0.1, -0.05) is 30.3 Å². The highest BCUT2D eigenvalue weighted by atomic mass is 16.5. The smallest absolute Gasteiger partial charge is 0.255 e. The van der Waals surface area contributed by atoms with Gasteiger partial charge >= 0.3 is 0 Å². The molecule has 1 unspecified atom stereocenters. The summed E-state index contributed by atoms with van der Waals surface area (Å²) in [6.45, 7) is 4.17. The molecule has 0 bridgehead atoms. The fourth-order valence-electron chi connectivity index (χ4n) is 3.31. The summed E-state index contributed by atoms with van der Waals surface area (Å²) < 4.78 is 5.95. The average Bonchev–Trinajstić information content (AvgIpc) is 2.74. The van der Waals surface area contributed by atoms with Crippen molar-refractivity contribution in [1.29, 1.82) is 0 Å². The van der Waals surface area contributed by atoms with E-state index >= 15 is 0 Å². The lowest BCUT2D eigenvalue weighted by Crippen LogP contribution is -2.51. The van der Waals surface area contributed by atoms with Crippen LogP contribution in [0.1, 0.15) is 22.8 Å². The lowest BCUT2D eigenvalue weighted by atomic mass is 10.00. The number of carbonyl (C=O) groups is 1. The molecule has 1 aliphatic rings. The number of nitrogens with zero attached hydrogens (tertiary/aromatic N) is 1. The zero-order chi connectivity index (χ0) is 20.1. The Morgan fingerprint density at radius 2 is 2.03 bits per heavy atom. The predicted octanol–water partition coefficient (Wildman–Crippen LogP) is 3.69. The molecular weight excluding hydrogens is 364 g/mol. The van der Waals surface area contributed by atoms with Crippen LogP contribution in [-0.2, 0) is 6.54 Å². The molecule has 148 valence electrons. The van der Waals surface area contributed by atoms with Gasteiger partial charge in [-0.05, 0) is 42.8 Å². The number of rotatable bonds is 6. The van der Waals surface area contributed by atoms with Crippen LogP contribution in [0.4, 0.5) is 11.4 Å². The maximum absolute atomic E-state index is 12.6. The summed E-state index contributed by atoms with van der Waals surface area (Å²) in [6, 6.07) is 19.3. The van der Waals surface area contributed by atoms with Crippen molar-refractivity contribution < 1.29 is 9.53 Å². The van der Waals surface area contributed by atoms with Gasteiger partial charge in [0.15, 0.2) is 0 Å². The number of pyridine rings is 1. The second-order valence-corrected chi connectivity index (χ2v) is 7.47. The van der Waals surface area contributed by atoms with Crippen LogP contribution in [0, 0.1) is 0 Å². The summed E-state index contributed by atoms with van der Waals surface area (Å²) in [5, 5.41) is 9.88. The number of aromatic nitrogens is 1. The van der Waals surface area contributed by atoms with Gasteiger partial charge in [0.1, 0.15) is 12.4 Å². The first-order chi connectivity index (χ1) is 14.1. The molecule has 0 aliphatic carbocycles. The fraction of sp³-hybridized carbons (Fsp3) is 0.217. The quantitative estimate of drug-likeness (QED) is 0.601. The average molecular weight is 388 g/mol. The van der Waals surface area contributed by atoms with Crippen molar-refractivity contribution in [3.63, 3.8) is 0 Å². The minimum absolute atomic E-state index is 0.183. The number of benzene rings is 2. The summed E-state index contributed by atoms with van der Waals surface area (Å²) in [7, 11) is 0. The molecule has 1 amide bonds. The van der Waals surface area contributed by atoms with Gasteiger partial charge in [0, 0.05) is 24.8 Å². The zero-order valence-electron chi connectivity index (χ0n) is 16.3. The van der Waals surface area contributed by atoms with E-state index in [1.807, 2.05) is 30.3 Å². The Bertz CT molecular complexity index is 979. The van der Waals surface area contributed by atoms with Crippen molar-refractivity contribution in [3.8, 4) is 5.75 Å². The molecule has 6 heteroatoms. The minimum atomic E-state index is -0.278. The Hall–Kier alpha value is -3.38. The Balaban J connectivity index is 1.41. The first-order valence-corrected chi connectivity index (χ1v) is 9.62. The highest BCUT2D eigenvalue weighted by molar-refractivity contribution is 6.05. The van der Waals surface area contributed by atoms with E-state index in [4.69, 9.17) is 4.74 Å². The summed E-state index contributed by atoms with van der Waals surface area (Å²) in [6.07, 6.45) is 3.29. The van der Waals surface area contributed by atoms with E-state index in [2.05, 4.69) is 40.0 Å². The molecule has 0 saturated carbocycles. The molecule has 1 aromatic heterocycles. The first kappa shape index (κ1) is 19.0. The molecule has 0 fully saturated rings. The Morgan fingerprint density at radius 3 is 2.83 bits per heavy atom. The number of hydrogen-bond donors (Lipinski definition) is 3. The Morgan fingerprint density at radius 1 is 1.17 bits per heavy atom. The molecule has 29 heavy (non-hydrogen) atoms. The molecule has 0 saturated heterocycles. The zero-order valence-corrected chi connectivity index (χ0v) is 16.3. The number of ether oxygens (including phenoxy) is 1. The number of hydrogen-bond acceptors (Lipinski definition) is 5. The van der Waals surface area contributed by atoms with Gasteiger partial charge in [-0.2, -0.15) is 0 Å². The van der Waals surface area contributed by atoms with Crippen LogP contribution in [0.2, 0.25) is 0 Å². The molecule has 2 heterocycles. The third-order valence-electron chi connectivity index (χ3n) is 4.83. The SMILES string of the molecule is CC1(CNCc2ccccc2)COc2ccc(C(=O)Nc3cccnc3)cc2N1. The van der Waals surface area contributed by atoms with Crippen LogP contribution < -0.4 is 20.7 Å². The van der Waals surface area contributed by atoms with Crippen LogP contribution in [0.25, 0.3) is 0 Å². The van der Waals surface area contributed by atoms with Crippen LogP contribution in [0.3, 0.4) is 0 Å². The van der Waals surface area contributed by atoms with Gasteiger partial charge in [-0.25, -0.2) is 0 Å². The van der Waals surface area contributed by atoms with Gasteiger partial charge in [0.05, 0.1) is 23.1 Å². The highest BCUT2D eigenvalue weighted by Gasteiger charge is 2.30. The molecule has 0 radical (unpaired) electrons. The van der Waals surface area contributed by atoms with Crippen LogP contribution in [0.5, 0.6) is 5.75 Å². The van der Waals surface area contributed by atoms with Crippen LogP contribution in [0.15, 0.2) is 73.1 Å². The summed E-state index contributed by atoms with van der Waals surface area (Å²) >= 11 is 0. The molecule has 1 aliphatic heterocycles. The van der Waals surface area contributed by atoms with E-state index < -0.39 is 0 Å². The molecule has 0 spiro atoms. The van der Waals surface area contributed by atoms with Crippen molar-refractivity contribution in [2.75, 3.05) is 23.8 Å². The second kappa shape index (κ2) is 8.32. The third kappa shape index (κ3) is 4.73. The summed E-state index contributed by atoms with van der Waals surface area (Å²) in [4.78, 5) is 16.6. The molecule has 2 aromatic carbocycles. The normalized spacial score (nSPS) is 17.6. The van der Waals surface area contributed by atoms with Crippen molar-refractivity contribution in [1.82, 2.24) is 10.3 Å². The fourth-order valence-corrected chi connectivity index (χ4v) is 3.31. The van der Waals surface area contributed by atoms with Crippen molar-refractivity contribution in [2.24, 2.45) is 0 Å². The number of nitrogens with one attached hydrogen (secondary N) is 3. The van der Waals surface area contributed by atoms with E-state index in [1.54, 1.807) is 30.6 Å². The Kier molecular flexibility index (Phi) is 5.44.